The van der Waals surface area contributed by atoms with Crippen LogP contribution in [0.25, 0.3) is 0 Å². The van der Waals surface area contributed by atoms with Crippen molar-refractivity contribution in [1.29, 1.82) is 0 Å². The molecule has 0 saturated carbocycles. The van der Waals surface area contributed by atoms with Gasteiger partial charge >= 0.3 is 12.1 Å². The van der Waals surface area contributed by atoms with Gasteiger partial charge in [-0.2, -0.15) is 0 Å². The van der Waals surface area contributed by atoms with Crippen LogP contribution in [0.4, 0.5) is 9.59 Å². The summed E-state index contributed by atoms with van der Waals surface area (Å²) in [4.78, 5) is 38.5. The molecule has 4 amide bonds. The van der Waals surface area contributed by atoms with E-state index in [9.17, 15) is 14.4 Å². The first kappa shape index (κ1) is 14.6. The van der Waals surface area contributed by atoms with Crippen LogP contribution < -0.4 is 5.32 Å². The van der Waals surface area contributed by atoms with E-state index in [0.29, 0.717) is 19.4 Å². The smallest absolute Gasteiger partial charge is 0.410 e. The lowest BCUT2D eigenvalue weighted by Crippen LogP contribution is -2.60. The van der Waals surface area contributed by atoms with Crippen LogP contribution in [0.5, 0.6) is 0 Å². The topological polar surface area (TPSA) is 79.0 Å². The monoisotopic (exact) mass is 283 g/mol. The number of ether oxygens (including phenoxy) is 1. The van der Waals surface area contributed by atoms with Crippen LogP contribution in [-0.2, 0) is 9.53 Å². The van der Waals surface area contributed by atoms with Gasteiger partial charge in [0.2, 0.25) is 0 Å². The van der Waals surface area contributed by atoms with E-state index in [1.165, 1.54) is 11.9 Å². The van der Waals surface area contributed by atoms with Crippen molar-refractivity contribution >= 4 is 18.0 Å². The summed E-state index contributed by atoms with van der Waals surface area (Å²) in [6.45, 7) is 6.07. The largest absolute Gasteiger partial charge is 0.444 e. The minimum Gasteiger partial charge on any atom is -0.444 e. The summed E-state index contributed by atoms with van der Waals surface area (Å²) in [5.74, 6) is -0.282. The van der Waals surface area contributed by atoms with Gasteiger partial charge in [0, 0.05) is 13.6 Å². The molecule has 0 radical (unpaired) electrons. The highest BCUT2D eigenvalue weighted by atomic mass is 16.6. The van der Waals surface area contributed by atoms with Crippen LogP contribution in [0.2, 0.25) is 0 Å². The van der Waals surface area contributed by atoms with Crippen LogP contribution in [0.3, 0.4) is 0 Å². The van der Waals surface area contributed by atoms with Crippen LogP contribution in [-0.4, -0.2) is 59.1 Å². The molecule has 7 heteroatoms. The number of carbonyl (C=O) groups is 3. The fraction of sp³-hybridized carbons (Fsp3) is 0.769. The van der Waals surface area contributed by atoms with Crippen molar-refractivity contribution in [3.05, 3.63) is 0 Å². The zero-order chi connectivity index (χ0) is 15.1. The molecule has 2 aliphatic heterocycles. The Kier molecular flexibility index (Phi) is 3.39. The summed E-state index contributed by atoms with van der Waals surface area (Å²) in [5.41, 5.74) is -1.57. The Hall–Kier alpha value is -1.79. The lowest BCUT2D eigenvalue weighted by Gasteiger charge is -2.38. The molecule has 0 aromatic heterocycles. The van der Waals surface area contributed by atoms with E-state index in [2.05, 4.69) is 5.32 Å². The summed E-state index contributed by atoms with van der Waals surface area (Å²) in [5, 5.41) is 2.70. The second-order valence-electron chi connectivity index (χ2n) is 6.38. The normalized spacial score (nSPS) is 27.0. The second-order valence-corrected chi connectivity index (χ2v) is 6.38. The Bertz CT molecular complexity index is 457. The third-order valence-electron chi connectivity index (χ3n) is 3.51. The predicted octanol–water partition coefficient (Wildman–Crippen LogP) is 0.938. The zero-order valence-corrected chi connectivity index (χ0v) is 12.4. The average Bonchev–Trinajstić information content (AvgIpc) is 2.52. The van der Waals surface area contributed by atoms with Crippen molar-refractivity contribution in [3.63, 3.8) is 0 Å². The maximum atomic E-state index is 12.2. The zero-order valence-electron chi connectivity index (χ0n) is 12.4. The number of imide groups is 1. The summed E-state index contributed by atoms with van der Waals surface area (Å²) >= 11 is 0. The van der Waals surface area contributed by atoms with E-state index in [-0.39, 0.29) is 12.5 Å². The lowest BCUT2D eigenvalue weighted by molar-refractivity contribution is -0.132. The van der Waals surface area contributed by atoms with E-state index in [1.54, 1.807) is 20.8 Å². The van der Waals surface area contributed by atoms with Gasteiger partial charge in [0.05, 0.1) is 6.54 Å². The third-order valence-corrected chi connectivity index (χ3v) is 3.51. The fourth-order valence-corrected chi connectivity index (χ4v) is 2.57. The molecule has 0 aliphatic carbocycles. The molecule has 1 spiro atoms. The van der Waals surface area contributed by atoms with Crippen LogP contribution in [0.1, 0.15) is 33.6 Å². The quantitative estimate of drug-likeness (QED) is 0.671. The molecule has 2 fully saturated rings. The lowest BCUT2D eigenvalue weighted by atomic mass is 9.89. The first-order valence-electron chi connectivity index (χ1n) is 6.73. The number of urea groups is 1. The van der Waals surface area contributed by atoms with Gasteiger partial charge in [-0.25, -0.2) is 9.59 Å². The summed E-state index contributed by atoms with van der Waals surface area (Å²) in [7, 11) is 1.44. The van der Waals surface area contributed by atoms with E-state index >= 15 is 0 Å². The number of likely N-dealkylation sites (tertiary alicyclic amines) is 1. The third kappa shape index (κ3) is 2.57. The maximum absolute atomic E-state index is 12.2. The Balaban J connectivity index is 2.11. The summed E-state index contributed by atoms with van der Waals surface area (Å²) in [6.07, 6.45) is 0.744. The molecule has 2 saturated heterocycles. The number of hydrogen-bond donors (Lipinski definition) is 1. The predicted molar refractivity (Wildman–Crippen MR) is 71.1 cm³/mol. The molecule has 0 aromatic carbocycles. The molecule has 1 atom stereocenters. The van der Waals surface area contributed by atoms with Crippen LogP contribution in [0, 0.1) is 0 Å². The van der Waals surface area contributed by atoms with Crippen molar-refractivity contribution in [3.8, 4) is 0 Å². The van der Waals surface area contributed by atoms with Crippen LogP contribution in [0.15, 0.2) is 0 Å². The minimum absolute atomic E-state index is 0.164. The van der Waals surface area contributed by atoms with Gasteiger partial charge < -0.3 is 15.0 Å². The Morgan fingerprint density at radius 1 is 1.35 bits per heavy atom. The van der Waals surface area contributed by atoms with Gasteiger partial charge in [-0.05, 0) is 33.6 Å². The number of carbonyl (C=O) groups excluding carboxylic acids is 3. The molecule has 20 heavy (non-hydrogen) atoms. The van der Waals surface area contributed by atoms with Gasteiger partial charge in [-0.3, -0.25) is 9.69 Å². The highest BCUT2D eigenvalue weighted by Gasteiger charge is 2.52. The van der Waals surface area contributed by atoms with E-state index in [1.807, 2.05) is 0 Å². The van der Waals surface area contributed by atoms with Crippen molar-refractivity contribution in [2.75, 3.05) is 20.1 Å². The number of likely N-dealkylation sites (N-methyl/N-ethyl adjacent to an activating group) is 1. The molecule has 2 rings (SSSR count). The van der Waals surface area contributed by atoms with Gasteiger partial charge in [0.25, 0.3) is 5.91 Å². The average molecular weight is 283 g/mol. The van der Waals surface area contributed by atoms with Gasteiger partial charge in [0.1, 0.15) is 11.1 Å². The molecule has 0 aromatic rings. The molecular weight excluding hydrogens is 262 g/mol. The highest BCUT2D eigenvalue weighted by Crippen LogP contribution is 2.28. The molecule has 112 valence electrons. The fourth-order valence-electron chi connectivity index (χ4n) is 2.57. The van der Waals surface area contributed by atoms with Crippen molar-refractivity contribution in [1.82, 2.24) is 15.1 Å². The van der Waals surface area contributed by atoms with Gasteiger partial charge in [-0.15, -0.1) is 0 Å². The van der Waals surface area contributed by atoms with E-state index < -0.39 is 23.3 Å². The molecule has 1 N–H and O–H groups in total. The molecule has 2 heterocycles. The molecule has 1 unspecified atom stereocenters. The summed E-state index contributed by atoms with van der Waals surface area (Å²) in [6, 6.07) is -0.416. The van der Waals surface area contributed by atoms with E-state index in [4.69, 9.17) is 4.74 Å². The number of amides is 4. The van der Waals surface area contributed by atoms with Crippen molar-refractivity contribution in [2.24, 2.45) is 0 Å². The van der Waals surface area contributed by atoms with Crippen LogP contribution >= 0.6 is 0 Å². The summed E-state index contributed by atoms with van der Waals surface area (Å²) < 4.78 is 5.32. The van der Waals surface area contributed by atoms with Gasteiger partial charge in [-0.1, -0.05) is 0 Å². The van der Waals surface area contributed by atoms with E-state index in [0.717, 1.165) is 4.90 Å². The number of piperidine rings is 1. The SMILES string of the molecule is CN1C(=O)NC2(CCCN(C(=O)OC(C)(C)C)C2)C1=O. The molecule has 2 aliphatic rings. The standard InChI is InChI=1S/C13H21N3O4/c1-12(2,3)20-11(19)16-7-5-6-13(8-16)9(17)15(4)10(18)14-13/h5-8H2,1-4H3,(H,14,18). The Morgan fingerprint density at radius 3 is 2.50 bits per heavy atom. The number of hydrogen-bond acceptors (Lipinski definition) is 4. The Labute approximate surface area is 118 Å². The highest BCUT2D eigenvalue weighted by molar-refractivity contribution is 6.07. The number of rotatable bonds is 0. The number of nitrogens with one attached hydrogen (secondary N) is 1. The Morgan fingerprint density at radius 2 is 2.00 bits per heavy atom. The maximum Gasteiger partial charge on any atom is 0.410 e. The molecular formula is C13H21N3O4. The molecule has 7 nitrogen and oxygen atoms in total. The van der Waals surface area contributed by atoms with Crippen molar-refractivity contribution < 1.29 is 19.1 Å². The second kappa shape index (κ2) is 4.64. The minimum atomic E-state index is -0.985. The molecule has 0 bridgehead atoms. The van der Waals surface area contributed by atoms with Gasteiger partial charge in [0.15, 0.2) is 0 Å². The first-order valence-corrected chi connectivity index (χ1v) is 6.73. The van der Waals surface area contributed by atoms with Crippen molar-refractivity contribution in [2.45, 2.75) is 44.8 Å². The number of nitrogens with zero attached hydrogens (tertiary/aromatic N) is 2. The first-order chi connectivity index (χ1) is 9.15.